The average Bonchev–Trinajstić information content (AvgIpc) is 2.62. The number of carbonyl (C=O) groups is 1. The van der Waals surface area contributed by atoms with Gasteiger partial charge in [-0.1, -0.05) is 36.2 Å². The molecule has 5 atom stereocenters. The van der Waals surface area contributed by atoms with Crippen LogP contribution in [0.5, 0.6) is 0 Å². The maximum atomic E-state index is 10.7. The fourth-order valence-electron chi connectivity index (χ4n) is 4.75. The zero-order valence-electron chi connectivity index (χ0n) is 18.0. The van der Waals surface area contributed by atoms with Crippen molar-refractivity contribution < 1.29 is 9.90 Å². The summed E-state index contributed by atoms with van der Waals surface area (Å²) in [6.45, 7) is 7.92. The number of fused-ring (bicyclic) bond motifs is 2. The van der Waals surface area contributed by atoms with E-state index in [4.69, 9.17) is 23.2 Å². The highest BCUT2D eigenvalue weighted by Gasteiger charge is 2.44. The number of benzene rings is 1. The number of nitrogens with one attached hydrogen (secondary N) is 2. The van der Waals surface area contributed by atoms with Gasteiger partial charge in [0.25, 0.3) is 0 Å². The van der Waals surface area contributed by atoms with Gasteiger partial charge < -0.3 is 15.2 Å². The third kappa shape index (κ3) is 7.12. The van der Waals surface area contributed by atoms with Crippen LogP contribution in [0.25, 0.3) is 0 Å². The van der Waals surface area contributed by atoms with Crippen molar-refractivity contribution in [1.29, 1.82) is 0 Å². The number of halogens is 2. The Bertz CT molecular complexity index is 697. The van der Waals surface area contributed by atoms with E-state index in [1.165, 1.54) is 24.8 Å². The molecule has 0 spiro atoms. The Kier molecular flexibility index (Phi) is 8.90. The monoisotopic (exact) mass is 460 g/mol. The fraction of sp³-hybridized carbons (Fsp3) is 0.682. The van der Waals surface area contributed by atoms with E-state index >= 15 is 0 Å². The third-order valence-corrected chi connectivity index (χ3v) is 7.98. The molecule has 1 aromatic carbocycles. The van der Waals surface area contributed by atoms with Crippen molar-refractivity contribution in [2.45, 2.75) is 75.5 Å². The molecule has 3 N–H and O–H groups in total. The Hall–Kier alpha value is -0.300. The molecule has 1 aromatic rings. The summed E-state index contributed by atoms with van der Waals surface area (Å²) in [6, 6.07) is 6.00. The quantitative estimate of drug-likeness (QED) is 0.408. The summed E-state index contributed by atoms with van der Waals surface area (Å²) in [4.78, 5) is 11.5. The molecule has 3 rings (SSSR count). The number of aliphatic hydroxyl groups is 1. The van der Waals surface area contributed by atoms with Crippen molar-refractivity contribution in [3.63, 3.8) is 0 Å². The average molecular weight is 461 g/mol. The summed E-state index contributed by atoms with van der Waals surface area (Å²) in [7, 11) is 2.06. The molecular weight excluding hydrogens is 427 g/mol. The molecule has 4 nitrogen and oxygen atoms in total. The minimum absolute atomic E-state index is 0.400. The zero-order chi connectivity index (χ0) is 21.8. The van der Waals surface area contributed by atoms with Gasteiger partial charge in [0, 0.05) is 10.9 Å². The van der Waals surface area contributed by atoms with E-state index in [2.05, 4.69) is 24.0 Å². The molecule has 0 radical (unpaired) electrons. The minimum atomic E-state index is -0.587. The summed E-state index contributed by atoms with van der Waals surface area (Å²) in [6.07, 6.45) is 5.46. The highest BCUT2D eigenvalue weighted by Crippen LogP contribution is 2.46. The molecule has 0 saturated heterocycles. The first-order valence-corrected chi connectivity index (χ1v) is 11.8. The lowest BCUT2D eigenvalue weighted by Crippen LogP contribution is -2.51. The number of carbonyl (C=O) groups excluding carboxylic acids is 1. The van der Waals surface area contributed by atoms with Crippen LogP contribution in [-0.4, -0.2) is 35.6 Å². The summed E-state index contributed by atoms with van der Waals surface area (Å²) in [5.41, 5.74) is -0.987. The molecule has 2 aliphatic rings. The summed E-state index contributed by atoms with van der Waals surface area (Å²) in [5.74, 6) is 2.24. The SMILES string of the molecule is CC(C)(C=O)NSc1cccc(Cl)c1Cl.CNC1C(C)CC2CC1CC(C)(O)C2. The third-order valence-electron chi connectivity index (χ3n) is 5.86. The van der Waals surface area contributed by atoms with E-state index in [1.54, 1.807) is 19.9 Å². The van der Waals surface area contributed by atoms with Gasteiger partial charge in [-0.15, -0.1) is 0 Å². The molecule has 5 unspecified atom stereocenters. The van der Waals surface area contributed by atoms with E-state index in [-0.39, 0.29) is 0 Å². The highest BCUT2D eigenvalue weighted by atomic mass is 35.5. The van der Waals surface area contributed by atoms with Crippen molar-refractivity contribution in [3.05, 3.63) is 28.2 Å². The minimum Gasteiger partial charge on any atom is -0.390 e. The topological polar surface area (TPSA) is 61.4 Å². The largest absolute Gasteiger partial charge is 0.390 e. The van der Waals surface area contributed by atoms with Gasteiger partial charge >= 0.3 is 0 Å². The lowest BCUT2D eigenvalue weighted by Gasteiger charge is -2.49. The van der Waals surface area contributed by atoms with Crippen LogP contribution in [-0.2, 0) is 4.79 Å². The van der Waals surface area contributed by atoms with Crippen LogP contribution in [0, 0.1) is 17.8 Å². The first kappa shape index (κ1) is 25.0. The Labute approximate surface area is 189 Å². The van der Waals surface area contributed by atoms with E-state index < -0.39 is 11.1 Å². The van der Waals surface area contributed by atoms with Crippen LogP contribution < -0.4 is 10.0 Å². The summed E-state index contributed by atoms with van der Waals surface area (Å²) >= 11 is 13.1. The van der Waals surface area contributed by atoms with Gasteiger partial charge in [0.15, 0.2) is 0 Å². The fourth-order valence-corrected chi connectivity index (χ4v) is 5.99. The van der Waals surface area contributed by atoms with Gasteiger partial charge in [-0.05, 0) is 95.3 Å². The number of hydrogen-bond acceptors (Lipinski definition) is 5. The van der Waals surface area contributed by atoms with Crippen LogP contribution in [0.4, 0.5) is 0 Å². The highest BCUT2D eigenvalue weighted by molar-refractivity contribution is 7.97. The van der Waals surface area contributed by atoms with Crippen LogP contribution in [0.2, 0.25) is 10.0 Å². The van der Waals surface area contributed by atoms with Crippen LogP contribution >= 0.6 is 35.1 Å². The van der Waals surface area contributed by atoms with Gasteiger partial charge in [0.1, 0.15) is 6.29 Å². The Morgan fingerprint density at radius 2 is 1.97 bits per heavy atom. The van der Waals surface area contributed by atoms with Gasteiger partial charge in [0.2, 0.25) is 0 Å². The molecule has 0 aromatic heterocycles. The summed E-state index contributed by atoms with van der Waals surface area (Å²) in [5, 5.41) is 14.6. The van der Waals surface area contributed by atoms with Crippen molar-refractivity contribution in [1.82, 2.24) is 10.0 Å². The second-order valence-corrected chi connectivity index (χ2v) is 11.0. The van der Waals surface area contributed by atoms with E-state index in [1.807, 2.05) is 19.1 Å². The first-order valence-electron chi connectivity index (χ1n) is 10.2. The van der Waals surface area contributed by atoms with Gasteiger partial charge in [0.05, 0.1) is 21.2 Å². The Balaban J connectivity index is 0.000000207. The molecule has 7 heteroatoms. The van der Waals surface area contributed by atoms with Crippen molar-refractivity contribution in [2.75, 3.05) is 7.05 Å². The van der Waals surface area contributed by atoms with Gasteiger partial charge in [-0.2, -0.15) is 0 Å². The van der Waals surface area contributed by atoms with Crippen molar-refractivity contribution in [2.24, 2.45) is 17.8 Å². The Morgan fingerprint density at radius 1 is 1.28 bits per heavy atom. The number of hydrogen-bond donors (Lipinski definition) is 3. The molecule has 2 saturated carbocycles. The van der Waals surface area contributed by atoms with Gasteiger partial charge in [-0.3, -0.25) is 0 Å². The predicted molar refractivity (Wildman–Crippen MR) is 124 cm³/mol. The maximum absolute atomic E-state index is 10.7. The summed E-state index contributed by atoms with van der Waals surface area (Å²) < 4.78 is 3.00. The second kappa shape index (κ2) is 10.3. The molecule has 2 aliphatic carbocycles. The molecule has 0 amide bonds. The van der Waals surface area contributed by atoms with Gasteiger partial charge in [-0.25, -0.2) is 4.72 Å². The normalized spacial score (nSPS) is 31.6. The van der Waals surface area contributed by atoms with Crippen molar-refractivity contribution >= 4 is 41.4 Å². The maximum Gasteiger partial charge on any atom is 0.140 e. The lowest BCUT2D eigenvalue weighted by atomic mass is 9.61. The smallest absolute Gasteiger partial charge is 0.140 e. The van der Waals surface area contributed by atoms with E-state index in [9.17, 15) is 9.90 Å². The molecule has 29 heavy (non-hydrogen) atoms. The van der Waals surface area contributed by atoms with Crippen LogP contribution in [0.15, 0.2) is 23.1 Å². The molecule has 2 bridgehead atoms. The molecule has 0 aliphatic heterocycles. The number of rotatable bonds is 5. The second-order valence-electron chi connectivity index (χ2n) is 9.39. The first-order chi connectivity index (χ1) is 13.5. The van der Waals surface area contributed by atoms with E-state index in [0.29, 0.717) is 22.0 Å². The van der Waals surface area contributed by atoms with Crippen LogP contribution in [0.1, 0.15) is 53.4 Å². The van der Waals surface area contributed by atoms with E-state index in [0.717, 1.165) is 35.9 Å². The molecule has 2 fully saturated rings. The number of aldehydes is 1. The standard InChI is InChI=1S/C12H23NO.C10H11Cl2NOS/c1-8-4-9-5-10(11(8)13-3)7-12(2,14)6-9;1-10(2,6-14)13-15-8-5-3-4-7(11)9(8)12/h8-11,13-14H,4-7H2,1-3H3;3-6,13H,1-2H3. The predicted octanol–water partition coefficient (Wildman–Crippen LogP) is 5.35. The zero-order valence-corrected chi connectivity index (χ0v) is 20.3. The molecule has 164 valence electrons. The lowest BCUT2D eigenvalue weighted by molar-refractivity contribution is -0.111. The Morgan fingerprint density at radius 3 is 2.59 bits per heavy atom. The van der Waals surface area contributed by atoms with Crippen molar-refractivity contribution in [3.8, 4) is 0 Å². The molecular formula is C22H34Cl2N2O2S. The molecule has 0 heterocycles. The van der Waals surface area contributed by atoms with Crippen LogP contribution in [0.3, 0.4) is 0 Å².